The van der Waals surface area contributed by atoms with Gasteiger partial charge in [-0.05, 0) is 84.6 Å². The average Bonchev–Trinajstić information content (AvgIpc) is 3.33. The van der Waals surface area contributed by atoms with Crippen LogP contribution in [0.2, 0.25) is 0 Å². The first-order valence-corrected chi connectivity index (χ1v) is 22.2. The molecule has 6 aromatic rings. The smallest absolute Gasteiger partial charge is 0.305 e. The van der Waals surface area contributed by atoms with Crippen LogP contribution in [0.5, 0.6) is 23.0 Å². The van der Waals surface area contributed by atoms with Crippen molar-refractivity contribution in [2.24, 2.45) is 0 Å². The van der Waals surface area contributed by atoms with Crippen molar-refractivity contribution in [2.75, 3.05) is 73.5 Å². The molecule has 4 aromatic carbocycles. The number of ether oxygens (including phenoxy) is 4. The summed E-state index contributed by atoms with van der Waals surface area (Å²) in [5, 5.41) is 3.54. The quantitative estimate of drug-likeness (QED) is 0.0945. The second-order valence-electron chi connectivity index (χ2n) is 17.1. The van der Waals surface area contributed by atoms with Crippen molar-refractivity contribution in [1.82, 2.24) is 9.97 Å². The highest BCUT2D eigenvalue weighted by Gasteiger charge is 2.38. The summed E-state index contributed by atoms with van der Waals surface area (Å²) in [7, 11) is 0. The standard InChI is InChI=1S/C29H30N4O3.C22H21N3O3/c1-30-29(10-3-2-4-11-29)32-22-8-9-26-21(17-22)16-20-6-5-7-24(28(20)36-26)25-18-23(19-27(34)31-25)33-12-14-35-15-13-33;23-16-4-5-20-15(11-16)10-14-2-1-3-18(22(14)28-20)19-12-17(13-21(26)24-19)25-6-8-27-9-7-25/h5-9,17-19,32H,2-4,10-16H2,(H,31,34);1-5,11-13H,6-10,23H2,(H,24,26). The third-order valence-corrected chi connectivity index (χ3v) is 12.8. The van der Waals surface area contributed by atoms with Gasteiger partial charge >= 0.3 is 5.66 Å². The van der Waals surface area contributed by atoms with Crippen LogP contribution in [0, 0.1) is 6.57 Å². The molecule has 6 heterocycles. The predicted octanol–water partition coefficient (Wildman–Crippen LogP) is 8.72. The zero-order valence-corrected chi connectivity index (χ0v) is 35.7. The number of H-pyrrole nitrogens is 2. The molecule has 0 radical (unpaired) electrons. The Hall–Kier alpha value is -7.01. The molecule has 64 heavy (non-hydrogen) atoms. The van der Waals surface area contributed by atoms with E-state index >= 15 is 0 Å². The predicted molar refractivity (Wildman–Crippen MR) is 250 cm³/mol. The molecule has 11 rings (SSSR count). The summed E-state index contributed by atoms with van der Waals surface area (Å²) in [5.41, 5.74) is 16.2. The number of nitrogens with one attached hydrogen (secondary N) is 3. The third kappa shape index (κ3) is 8.54. The molecule has 326 valence electrons. The second kappa shape index (κ2) is 17.6. The Morgan fingerprint density at radius 3 is 1.66 bits per heavy atom. The molecule has 5 N–H and O–H groups in total. The fraction of sp³-hybridized carbons (Fsp3) is 0.314. The van der Waals surface area contributed by atoms with Gasteiger partial charge in [-0.1, -0.05) is 30.7 Å². The molecule has 1 saturated carbocycles. The highest BCUT2D eigenvalue weighted by Crippen LogP contribution is 2.45. The van der Waals surface area contributed by atoms with Gasteiger partial charge in [-0.2, -0.15) is 0 Å². The Morgan fingerprint density at radius 2 is 1.12 bits per heavy atom. The summed E-state index contributed by atoms with van der Waals surface area (Å²) >= 11 is 0. The lowest BCUT2D eigenvalue weighted by Crippen LogP contribution is -2.36. The zero-order valence-electron chi connectivity index (χ0n) is 35.7. The number of nitrogens with zero attached hydrogens (tertiary/aromatic N) is 3. The van der Waals surface area contributed by atoms with Gasteiger partial charge in [0.1, 0.15) is 23.0 Å². The van der Waals surface area contributed by atoms with Gasteiger partial charge in [-0.15, -0.1) is 0 Å². The Bertz CT molecular complexity index is 2870. The van der Waals surface area contributed by atoms with Crippen molar-refractivity contribution >= 4 is 22.7 Å². The van der Waals surface area contributed by atoms with Gasteiger partial charge < -0.3 is 49.8 Å². The van der Waals surface area contributed by atoms with Crippen LogP contribution in [0.25, 0.3) is 27.4 Å². The highest BCUT2D eigenvalue weighted by atomic mass is 16.5. The van der Waals surface area contributed by atoms with Crippen LogP contribution < -0.4 is 41.4 Å². The molecule has 13 heteroatoms. The maximum absolute atomic E-state index is 12.6. The van der Waals surface area contributed by atoms with E-state index in [1.54, 1.807) is 12.1 Å². The molecule has 4 aliphatic heterocycles. The van der Waals surface area contributed by atoms with E-state index in [9.17, 15) is 9.59 Å². The molecule has 2 aromatic heterocycles. The number of rotatable bonds is 6. The van der Waals surface area contributed by atoms with E-state index in [-0.39, 0.29) is 11.1 Å². The van der Waals surface area contributed by atoms with Crippen LogP contribution in [0.1, 0.15) is 54.4 Å². The number of hydrogen-bond donors (Lipinski definition) is 4. The van der Waals surface area contributed by atoms with E-state index in [0.29, 0.717) is 26.4 Å². The number of nitrogens with two attached hydrogens (primary N) is 1. The number of fused-ring (bicyclic) bond motifs is 4. The largest absolute Gasteiger partial charge is 0.456 e. The number of nitrogen functional groups attached to an aromatic ring is 1. The average molecular weight is 858 g/mol. The van der Waals surface area contributed by atoms with Crippen LogP contribution >= 0.6 is 0 Å². The molecule has 0 unspecified atom stereocenters. The lowest BCUT2D eigenvalue weighted by molar-refractivity contribution is 0.122. The molecule has 13 nitrogen and oxygen atoms in total. The van der Waals surface area contributed by atoms with E-state index in [4.69, 9.17) is 31.3 Å². The Kier molecular flexibility index (Phi) is 11.3. The number of aromatic nitrogens is 2. The van der Waals surface area contributed by atoms with E-state index in [1.165, 1.54) is 6.42 Å². The minimum atomic E-state index is -0.496. The fourth-order valence-corrected chi connectivity index (χ4v) is 9.50. The van der Waals surface area contributed by atoms with Crippen LogP contribution in [-0.2, 0) is 22.3 Å². The number of aromatic amines is 2. The third-order valence-electron chi connectivity index (χ3n) is 12.8. The van der Waals surface area contributed by atoms with Crippen LogP contribution in [0.15, 0.2) is 107 Å². The molecule has 1 aliphatic carbocycles. The maximum Gasteiger partial charge on any atom is 0.305 e. The van der Waals surface area contributed by atoms with Gasteiger partial charge in [0.25, 0.3) is 0 Å². The maximum atomic E-state index is 12.6. The Morgan fingerprint density at radius 1 is 0.609 bits per heavy atom. The number of anilines is 4. The van der Waals surface area contributed by atoms with Gasteiger partial charge in [-0.3, -0.25) is 14.4 Å². The van der Waals surface area contributed by atoms with Gasteiger partial charge in [0.2, 0.25) is 11.1 Å². The van der Waals surface area contributed by atoms with Crippen molar-refractivity contribution in [3.05, 3.63) is 151 Å². The summed E-state index contributed by atoms with van der Waals surface area (Å²) in [6.07, 6.45) is 6.64. The van der Waals surface area contributed by atoms with Gasteiger partial charge in [0.15, 0.2) is 0 Å². The Balaban J connectivity index is 0.000000156. The van der Waals surface area contributed by atoms with Crippen molar-refractivity contribution in [2.45, 2.75) is 50.6 Å². The second-order valence-corrected chi connectivity index (χ2v) is 17.1. The number of morpholine rings is 2. The first kappa shape index (κ1) is 41.0. The lowest BCUT2D eigenvalue weighted by atomic mass is 9.89. The Labute approximate surface area is 371 Å². The summed E-state index contributed by atoms with van der Waals surface area (Å²) in [5.74, 6) is 3.19. The molecular formula is C51H51N7O6. The topological polar surface area (TPSA) is 152 Å². The monoisotopic (exact) mass is 857 g/mol. The SMILES string of the molecule is Nc1ccc2c(c1)Cc1cccc(-c3cc(N4CCOCC4)cc(=O)[nH]3)c1O2.[C-]#[N+]C1(Nc2ccc3c(c2)Cc2cccc(-c4cc(N5CCOCC5)cc(=O)[nH]4)c2O3)CCCCC1. The van der Waals surface area contributed by atoms with Gasteiger partial charge in [0, 0.05) is 109 Å². The lowest BCUT2D eigenvalue weighted by Gasteiger charge is -2.29. The van der Waals surface area contributed by atoms with Crippen molar-refractivity contribution in [3.63, 3.8) is 0 Å². The first-order chi connectivity index (χ1) is 31.3. The summed E-state index contributed by atoms with van der Waals surface area (Å²) < 4.78 is 23.6. The van der Waals surface area contributed by atoms with E-state index in [1.807, 2.05) is 66.7 Å². The zero-order chi connectivity index (χ0) is 43.6. The fourth-order valence-electron chi connectivity index (χ4n) is 9.50. The van der Waals surface area contributed by atoms with Gasteiger partial charge in [0.05, 0.1) is 37.8 Å². The van der Waals surface area contributed by atoms with Crippen molar-refractivity contribution in [3.8, 4) is 45.5 Å². The number of para-hydroxylation sites is 2. The first-order valence-electron chi connectivity index (χ1n) is 22.2. The summed E-state index contributed by atoms with van der Waals surface area (Å²) in [4.78, 5) is 39.3. The highest BCUT2D eigenvalue weighted by molar-refractivity contribution is 5.76. The van der Waals surface area contributed by atoms with E-state index in [0.717, 1.165) is 155 Å². The number of hydrogen-bond acceptors (Lipinski definition) is 10. The molecule has 0 bridgehead atoms. The summed E-state index contributed by atoms with van der Waals surface area (Å²) in [6, 6.07) is 31.3. The molecule has 0 spiro atoms. The van der Waals surface area contributed by atoms with Crippen molar-refractivity contribution < 1.29 is 18.9 Å². The molecule has 0 amide bonds. The normalized spacial score (nSPS) is 17.1. The minimum Gasteiger partial charge on any atom is -0.456 e. The molecule has 2 saturated heterocycles. The number of benzene rings is 4. The summed E-state index contributed by atoms with van der Waals surface area (Å²) in [6.45, 7) is 13.6. The van der Waals surface area contributed by atoms with E-state index in [2.05, 4.69) is 48.1 Å². The van der Waals surface area contributed by atoms with Gasteiger partial charge in [-0.25, -0.2) is 6.57 Å². The van der Waals surface area contributed by atoms with Crippen molar-refractivity contribution in [1.29, 1.82) is 0 Å². The molecule has 3 fully saturated rings. The molecular weight excluding hydrogens is 807 g/mol. The minimum absolute atomic E-state index is 0.124. The number of pyridine rings is 2. The molecule has 5 aliphatic rings. The van der Waals surface area contributed by atoms with Crippen LogP contribution in [0.4, 0.5) is 22.7 Å². The van der Waals surface area contributed by atoms with Crippen LogP contribution in [0.3, 0.4) is 0 Å². The van der Waals surface area contributed by atoms with E-state index < -0.39 is 5.66 Å². The molecule has 0 atom stereocenters. The van der Waals surface area contributed by atoms with Crippen LogP contribution in [-0.4, -0.2) is 68.2 Å².